The predicted octanol–water partition coefficient (Wildman–Crippen LogP) is 4.17. The summed E-state index contributed by atoms with van der Waals surface area (Å²) in [5, 5.41) is 8.63. The van der Waals surface area contributed by atoms with Crippen LogP contribution in [0.15, 0.2) is 55.0 Å². The molecule has 1 aliphatic heterocycles. The smallest absolute Gasteiger partial charge is 0.214 e. The van der Waals surface area contributed by atoms with E-state index < -0.39 is 0 Å². The van der Waals surface area contributed by atoms with E-state index >= 15 is 0 Å². The molecule has 0 saturated carbocycles. The third-order valence-corrected chi connectivity index (χ3v) is 6.64. The molecule has 4 aromatic heterocycles. The van der Waals surface area contributed by atoms with E-state index in [1.54, 1.807) is 6.20 Å². The first-order chi connectivity index (χ1) is 16.2. The maximum absolute atomic E-state index is 5.78. The fourth-order valence-corrected chi connectivity index (χ4v) is 4.76. The van der Waals surface area contributed by atoms with Crippen LogP contribution in [0.4, 0.5) is 5.82 Å². The molecule has 0 spiro atoms. The van der Waals surface area contributed by atoms with Gasteiger partial charge in [-0.05, 0) is 38.1 Å². The van der Waals surface area contributed by atoms with Crippen LogP contribution in [-0.2, 0) is 5.75 Å². The molecule has 0 aromatic carbocycles. The zero-order valence-electron chi connectivity index (χ0n) is 18.8. The molecule has 1 aliphatic rings. The molecule has 0 radical (unpaired) electrons. The van der Waals surface area contributed by atoms with E-state index in [1.165, 1.54) is 0 Å². The van der Waals surface area contributed by atoms with Crippen LogP contribution >= 0.6 is 11.9 Å². The zero-order chi connectivity index (χ0) is 22.6. The van der Waals surface area contributed by atoms with Crippen LogP contribution in [0.3, 0.4) is 0 Å². The second-order valence-electron chi connectivity index (χ2n) is 8.22. The number of pyridine rings is 3. The van der Waals surface area contributed by atoms with Gasteiger partial charge >= 0.3 is 0 Å². The Balaban J connectivity index is 1.27. The third kappa shape index (κ3) is 5.09. The van der Waals surface area contributed by atoms with Crippen LogP contribution in [0.1, 0.15) is 19.5 Å². The van der Waals surface area contributed by atoms with Gasteiger partial charge < -0.3 is 9.64 Å². The second-order valence-corrected chi connectivity index (χ2v) is 9.28. The minimum atomic E-state index is 0.0682. The summed E-state index contributed by atoms with van der Waals surface area (Å²) >= 11 is 1.85. The van der Waals surface area contributed by atoms with Crippen molar-refractivity contribution in [3.8, 4) is 17.1 Å². The number of aromatic amines is 1. The molecule has 1 N–H and O–H groups in total. The van der Waals surface area contributed by atoms with Gasteiger partial charge in [-0.2, -0.15) is 5.10 Å². The zero-order valence-corrected chi connectivity index (χ0v) is 19.6. The van der Waals surface area contributed by atoms with Crippen molar-refractivity contribution in [3.63, 3.8) is 0 Å². The van der Waals surface area contributed by atoms with Crippen molar-refractivity contribution in [2.45, 2.75) is 25.7 Å². The quantitative estimate of drug-likeness (QED) is 0.411. The Morgan fingerprint density at radius 3 is 2.70 bits per heavy atom. The summed E-state index contributed by atoms with van der Waals surface area (Å²) in [6, 6.07) is 12.1. The van der Waals surface area contributed by atoms with Crippen LogP contribution in [-0.4, -0.2) is 61.7 Å². The highest BCUT2D eigenvalue weighted by molar-refractivity contribution is 7.96. The van der Waals surface area contributed by atoms with Crippen molar-refractivity contribution in [2.75, 3.05) is 31.1 Å². The van der Waals surface area contributed by atoms with E-state index in [1.807, 2.05) is 62.5 Å². The summed E-state index contributed by atoms with van der Waals surface area (Å²) < 4.78 is 8.19. The molecule has 170 valence electrons. The highest BCUT2D eigenvalue weighted by Gasteiger charge is 2.20. The lowest BCUT2D eigenvalue weighted by atomic mass is 10.1. The Kier molecular flexibility index (Phi) is 6.41. The van der Waals surface area contributed by atoms with Gasteiger partial charge in [0.25, 0.3) is 0 Å². The summed E-state index contributed by atoms with van der Waals surface area (Å²) in [7, 11) is 0. The summed E-state index contributed by atoms with van der Waals surface area (Å²) in [4.78, 5) is 15.8. The van der Waals surface area contributed by atoms with Gasteiger partial charge in [-0.25, -0.2) is 14.3 Å². The van der Waals surface area contributed by atoms with Crippen LogP contribution in [0.5, 0.6) is 5.88 Å². The lowest BCUT2D eigenvalue weighted by molar-refractivity contribution is 0.233. The monoisotopic (exact) mass is 461 g/mol. The number of fused-ring (bicyclic) bond motifs is 1. The number of piperazine rings is 1. The summed E-state index contributed by atoms with van der Waals surface area (Å²) in [5.41, 5.74) is 3.91. The molecule has 9 heteroatoms. The molecular formula is C24H27N7OS. The van der Waals surface area contributed by atoms with E-state index in [9.17, 15) is 0 Å². The number of nitrogens with one attached hydrogen (secondary N) is 1. The average molecular weight is 462 g/mol. The van der Waals surface area contributed by atoms with E-state index in [-0.39, 0.29) is 6.10 Å². The SMILES string of the molecule is CC(C)Oc1cc2c(-c3ccnc(N4CCN(SCc5ccccn5)CC4)c3)n[nH]c2cn1. The fraction of sp³-hybridized carbons (Fsp3) is 0.333. The van der Waals surface area contributed by atoms with Gasteiger partial charge in [0.2, 0.25) is 5.88 Å². The third-order valence-electron chi connectivity index (χ3n) is 5.48. The number of nitrogens with zero attached hydrogens (tertiary/aromatic N) is 6. The van der Waals surface area contributed by atoms with Gasteiger partial charge in [0, 0.05) is 55.6 Å². The second kappa shape index (κ2) is 9.76. The minimum Gasteiger partial charge on any atom is -0.475 e. The van der Waals surface area contributed by atoms with Crippen molar-refractivity contribution >= 4 is 28.7 Å². The molecule has 0 unspecified atom stereocenters. The Morgan fingerprint density at radius 1 is 1.03 bits per heavy atom. The molecule has 33 heavy (non-hydrogen) atoms. The maximum atomic E-state index is 5.78. The highest BCUT2D eigenvalue weighted by Crippen LogP contribution is 2.30. The van der Waals surface area contributed by atoms with Crippen LogP contribution < -0.4 is 9.64 Å². The molecule has 0 aliphatic carbocycles. The standard InChI is InChI=1S/C24H27N7OS/c1-17(2)32-23-14-20-21(15-27-23)28-29-24(20)18-6-8-26-22(13-18)30-9-11-31(12-10-30)33-16-19-5-3-4-7-25-19/h3-8,13-15,17H,9-12,16H2,1-2H3,(H,28,29). The highest BCUT2D eigenvalue weighted by atomic mass is 32.2. The van der Waals surface area contributed by atoms with E-state index in [2.05, 4.69) is 46.5 Å². The molecule has 1 fully saturated rings. The summed E-state index contributed by atoms with van der Waals surface area (Å²) in [6.07, 6.45) is 5.55. The topological polar surface area (TPSA) is 83.1 Å². The first kappa shape index (κ1) is 21.7. The minimum absolute atomic E-state index is 0.0682. The number of ether oxygens (including phenoxy) is 1. The van der Waals surface area contributed by atoms with Gasteiger partial charge in [-0.1, -0.05) is 18.0 Å². The molecular weight excluding hydrogens is 434 g/mol. The number of hydrogen-bond donors (Lipinski definition) is 1. The fourth-order valence-electron chi connectivity index (χ4n) is 3.85. The average Bonchev–Trinajstić information content (AvgIpc) is 3.27. The van der Waals surface area contributed by atoms with Crippen LogP contribution in [0.25, 0.3) is 22.2 Å². The van der Waals surface area contributed by atoms with E-state index in [0.29, 0.717) is 5.88 Å². The first-order valence-corrected chi connectivity index (χ1v) is 12.1. The molecule has 0 bridgehead atoms. The summed E-state index contributed by atoms with van der Waals surface area (Å²) in [5.74, 6) is 2.48. The van der Waals surface area contributed by atoms with Crippen molar-refractivity contribution < 1.29 is 4.74 Å². The number of anilines is 1. The lowest BCUT2D eigenvalue weighted by Gasteiger charge is -2.34. The van der Waals surface area contributed by atoms with Crippen molar-refractivity contribution in [2.24, 2.45) is 0 Å². The van der Waals surface area contributed by atoms with Gasteiger partial charge in [-0.3, -0.25) is 10.1 Å². The van der Waals surface area contributed by atoms with Gasteiger partial charge in [0.05, 0.1) is 29.3 Å². The molecule has 1 saturated heterocycles. The Hall–Kier alpha value is -3.17. The van der Waals surface area contributed by atoms with E-state index in [4.69, 9.17) is 4.74 Å². The lowest BCUT2D eigenvalue weighted by Crippen LogP contribution is -2.43. The first-order valence-electron chi connectivity index (χ1n) is 11.2. The molecule has 4 aromatic rings. The van der Waals surface area contributed by atoms with Gasteiger partial charge in [-0.15, -0.1) is 0 Å². The Labute approximate surface area is 197 Å². The normalized spacial score (nSPS) is 14.8. The molecule has 5 heterocycles. The number of aromatic nitrogens is 5. The number of rotatable bonds is 7. The van der Waals surface area contributed by atoms with E-state index in [0.717, 1.165) is 65.6 Å². The van der Waals surface area contributed by atoms with Gasteiger partial charge in [0.15, 0.2) is 0 Å². The molecule has 0 amide bonds. The van der Waals surface area contributed by atoms with Crippen molar-refractivity contribution in [1.29, 1.82) is 0 Å². The van der Waals surface area contributed by atoms with Crippen molar-refractivity contribution in [1.82, 2.24) is 29.5 Å². The van der Waals surface area contributed by atoms with Gasteiger partial charge in [0.1, 0.15) is 11.5 Å². The Bertz CT molecular complexity index is 1210. The Morgan fingerprint density at radius 2 is 1.91 bits per heavy atom. The summed E-state index contributed by atoms with van der Waals surface area (Å²) in [6.45, 7) is 7.82. The maximum Gasteiger partial charge on any atom is 0.214 e. The molecule has 8 nitrogen and oxygen atoms in total. The molecule has 5 rings (SSSR count). The van der Waals surface area contributed by atoms with Crippen LogP contribution in [0, 0.1) is 0 Å². The largest absolute Gasteiger partial charge is 0.475 e. The molecule has 0 atom stereocenters. The predicted molar refractivity (Wildman–Crippen MR) is 132 cm³/mol. The number of hydrogen-bond acceptors (Lipinski definition) is 8. The van der Waals surface area contributed by atoms with Crippen molar-refractivity contribution in [3.05, 3.63) is 60.7 Å². The van der Waals surface area contributed by atoms with Crippen LogP contribution in [0.2, 0.25) is 0 Å². The number of H-pyrrole nitrogens is 1.